The van der Waals surface area contributed by atoms with Gasteiger partial charge in [0.1, 0.15) is 0 Å². The predicted molar refractivity (Wildman–Crippen MR) is 55.8 cm³/mol. The molecule has 0 unspecified atom stereocenters. The van der Waals surface area contributed by atoms with Crippen molar-refractivity contribution in [3.63, 3.8) is 0 Å². The standard InChI is InChI=1S/C7H4ClN3O4S/c8-16(14,15)4-1-5-7(10-3-9-5)6(2-4)11(12)13/h1-3H,(H,9,10). The molecular formula is C7H4ClN3O4S. The SMILES string of the molecule is O=[N+]([O-])c1cc(S(=O)(=O)Cl)cc2[nH]cnc12. The summed E-state index contributed by atoms with van der Waals surface area (Å²) in [5.41, 5.74) is -0.0690. The van der Waals surface area contributed by atoms with Gasteiger partial charge in [-0.05, 0) is 6.07 Å². The molecule has 0 spiro atoms. The zero-order valence-corrected chi connectivity index (χ0v) is 9.12. The van der Waals surface area contributed by atoms with E-state index in [1.807, 2.05) is 0 Å². The molecule has 0 saturated carbocycles. The summed E-state index contributed by atoms with van der Waals surface area (Å²) in [5, 5.41) is 10.7. The molecule has 1 aromatic heterocycles. The summed E-state index contributed by atoms with van der Waals surface area (Å²) in [6, 6.07) is 2.07. The molecule has 1 N–H and O–H groups in total. The molecule has 0 atom stereocenters. The number of non-ortho nitro benzene ring substituents is 1. The molecule has 1 heterocycles. The molecule has 0 aliphatic heterocycles. The van der Waals surface area contributed by atoms with E-state index < -0.39 is 19.7 Å². The van der Waals surface area contributed by atoms with E-state index in [-0.39, 0.29) is 15.9 Å². The maximum absolute atomic E-state index is 11.1. The van der Waals surface area contributed by atoms with Crippen LogP contribution in [0.1, 0.15) is 0 Å². The first-order valence-corrected chi connectivity index (χ1v) is 6.27. The number of rotatable bonds is 2. The van der Waals surface area contributed by atoms with Crippen molar-refractivity contribution in [3.8, 4) is 0 Å². The number of hydrogen-bond donors (Lipinski definition) is 1. The van der Waals surface area contributed by atoms with Crippen LogP contribution in [0.5, 0.6) is 0 Å². The lowest BCUT2D eigenvalue weighted by atomic mass is 10.3. The highest BCUT2D eigenvalue weighted by Gasteiger charge is 2.21. The van der Waals surface area contributed by atoms with Crippen molar-refractivity contribution in [2.24, 2.45) is 0 Å². The Morgan fingerprint density at radius 3 is 2.69 bits per heavy atom. The topological polar surface area (TPSA) is 106 Å². The average molecular weight is 262 g/mol. The zero-order valence-electron chi connectivity index (χ0n) is 7.55. The molecule has 2 rings (SSSR count). The molecule has 7 nitrogen and oxygen atoms in total. The van der Waals surface area contributed by atoms with Gasteiger partial charge in [-0.2, -0.15) is 0 Å². The molecule has 9 heteroatoms. The molecule has 2 aromatic rings. The number of nitrogens with one attached hydrogen (secondary N) is 1. The van der Waals surface area contributed by atoms with Crippen molar-refractivity contribution in [1.82, 2.24) is 9.97 Å². The van der Waals surface area contributed by atoms with Crippen molar-refractivity contribution < 1.29 is 13.3 Å². The van der Waals surface area contributed by atoms with E-state index >= 15 is 0 Å². The highest BCUT2D eigenvalue weighted by atomic mass is 35.7. The Morgan fingerprint density at radius 1 is 1.44 bits per heavy atom. The first-order chi connectivity index (χ1) is 7.39. The number of nitro benzene ring substituents is 1. The van der Waals surface area contributed by atoms with Gasteiger partial charge in [-0.15, -0.1) is 0 Å². The van der Waals surface area contributed by atoms with Crippen molar-refractivity contribution in [3.05, 3.63) is 28.6 Å². The normalized spacial score (nSPS) is 11.8. The van der Waals surface area contributed by atoms with E-state index in [2.05, 4.69) is 9.97 Å². The van der Waals surface area contributed by atoms with Crippen LogP contribution in [0.15, 0.2) is 23.4 Å². The van der Waals surface area contributed by atoms with Crippen LogP contribution in [0.4, 0.5) is 5.69 Å². The molecule has 0 radical (unpaired) electrons. The van der Waals surface area contributed by atoms with Gasteiger partial charge >= 0.3 is 0 Å². The summed E-state index contributed by atoms with van der Waals surface area (Å²) in [6.45, 7) is 0. The summed E-state index contributed by atoms with van der Waals surface area (Å²) in [6.07, 6.45) is 1.24. The molecule has 0 saturated heterocycles. The van der Waals surface area contributed by atoms with Gasteiger partial charge < -0.3 is 4.98 Å². The molecule has 84 valence electrons. The highest BCUT2D eigenvalue weighted by Crippen LogP contribution is 2.28. The number of nitrogens with zero attached hydrogens (tertiary/aromatic N) is 2. The molecule has 0 aliphatic rings. The minimum absolute atomic E-state index is 0.0917. The van der Waals surface area contributed by atoms with Gasteiger partial charge in [0.15, 0.2) is 5.52 Å². The van der Waals surface area contributed by atoms with E-state index in [4.69, 9.17) is 10.7 Å². The number of nitro groups is 1. The fourth-order valence-corrected chi connectivity index (χ4v) is 2.06. The summed E-state index contributed by atoms with van der Waals surface area (Å²) in [7, 11) is 1.11. The fraction of sp³-hybridized carbons (Fsp3) is 0. The molecule has 16 heavy (non-hydrogen) atoms. The number of hydrogen-bond acceptors (Lipinski definition) is 5. The molecule has 0 bridgehead atoms. The molecular weight excluding hydrogens is 258 g/mol. The number of halogens is 1. The Labute approximate surface area is 93.6 Å². The molecule has 0 amide bonds. The molecule has 0 aliphatic carbocycles. The minimum atomic E-state index is -4.01. The molecule has 0 fully saturated rings. The number of aromatic amines is 1. The smallest absolute Gasteiger partial charge is 0.298 e. The maximum Gasteiger partial charge on any atom is 0.298 e. The fourth-order valence-electron chi connectivity index (χ4n) is 1.29. The Morgan fingerprint density at radius 2 is 2.12 bits per heavy atom. The number of imidazole rings is 1. The van der Waals surface area contributed by atoms with Gasteiger partial charge in [0.25, 0.3) is 14.7 Å². The lowest BCUT2D eigenvalue weighted by Gasteiger charge is -1.97. The van der Waals surface area contributed by atoms with Crippen LogP contribution in [0, 0.1) is 10.1 Å². The third kappa shape index (κ3) is 1.72. The Kier molecular flexibility index (Phi) is 2.32. The summed E-state index contributed by atoms with van der Waals surface area (Å²) in [4.78, 5) is 16.0. The third-order valence-corrected chi connectivity index (χ3v) is 3.29. The Bertz CT molecular complexity index is 678. The number of benzene rings is 1. The predicted octanol–water partition coefficient (Wildman–Crippen LogP) is 1.40. The van der Waals surface area contributed by atoms with Crippen LogP contribution in [0.25, 0.3) is 11.0 Å². The van der Waals surface area contributed by atoms with Gasteiger partial charge in [-0.3, -0.25) is 10.1 Å². The summed E-state index contributed by atoms with van der Waals surface area (Å²) in [5.74, 6) is 0. The monoisotopic (exact) mass is 261 g/mol. The van der Waals surface area contributed by atoms with Gasteiger partial charge in [0.2, 0.25) is 0 Å². The Hall–Kier alpha value is -1.67. The van der Waals surface area contributed by atoms with Gasteiger partial charge in [0, 0.05) is 16.7 Å². The van der Waals surface area contributed by atoms with Gasteiger partial charge in [0.05, 0.1) is 21.7 Å². The van der Waals surface area contributed by atoms with E-state index in [9.17, 15) is 18.5 Å². The molecule has 1 aromatic carbocycles. The second-order valence-electron chi connectivity index (χ2n) is 2.94. The van der Waals surface area contributed by atoms with Crippen molar-refractivity contribution in [1.29, 1.82) is 0 Å². The summed E-state index contributed by atoms with van der Waals surface area (Å²) >= 11 is 0. The van der Waals surface area contributed by atoms with E-state index in [1.54, 1.807) is 0 Å². The van der Waals surface area contributed by atoms with Crippen LogP contribution in [-0.2, 0) is 9.05 Å². The third-order valence-electron chi connectivity index (χ3n) is 1.96. The van der Waals surface area contributed by atoms with Gasteiger partial charge in [-0.1, -0.05) is 0 Å². The lowest BCUT2D eigenvalue weighted by Crippen LogP contribution is -1.95. The quantitative estimate of drug-likeness (QED) is 0.499. The maximum atomic E-state index is 11.1. The zero-order chi connectivity index (χ0) is 11.9. The average Bonchev–Trinajstić information content (AvgIpc) is 2.61. The number of H-pyrrole nitrogens is 1. The first-order valence-electron chi connectivity index (χ1n) is 3.96. The second-order valence-corrected chi connectivity index (χ2v) is 5.50. The van der Waals surface area contributed by atoms with E-state index in [1.165, 1.54) is 12.4 Å². The van der Waals surface area contributed by atoms with Crippen molar-refractivity contribution in [2.75, 3.05) is 0 Å². The van der Waals surface area contributed by atoms with Crippen LogP contribution < -0.4 is 0 Å². The van der Waals surface area contributed by atoms with E-state index in [0.717, 1.165) is 6.07 Å². The van der Waals surface area contributed by atoms with Crippen LogP contribution in [0.3, 0.4) is 0 Å². The van der Waals surface area contributed by atoms with Crippen LogP contribution >= 0.6 is 10.7 Å². The Balaban J connectivity index is 2.87. The minimum Gasteiger partial charge on any atom is -0.344 e. The van der Waals surface area contributed by atoms with Crippen LogP contribution in [-0.4, -0.2) is 23.3 Å². The lowest BCUT2D eigenvalue weighted by molar-refractivity contribution is -0.383. The second kappa shape index (κ2) is 3.42. The number of aromatic nitrogens is 2. The number of fused-ring (bicyclic) bond motifs is 1. The van der Waals surface area contributed by atoms with Crippen LogP contribution in [0.2, 0.25) is 0 Å². The van der Waals surface area contributed by atoms with Crippen molar-refractivity contribution >= 4 is 36.5 Å². The van der Waals surface area contributed by atoms with Crippen molar-refractivity contribution in [2.45, 2.75) is 4.90 Å². The summed E-state index contributed by atoms with van der Waals surface area (Å²) < 4.78 is 22.2. The first kappa shape index (κ1) is 10.8. The highest BCUT2D eigenvalue weighted by molar-refractivity contribution is 8.13. The van der Waals surface area contributed by atoms with Gasteiger partial charge in [-0.25, -0.2) is 13.4 Å². The largest absolute Gasteiger partial charge is 0.344 e. The van der Waals surface area contributed by atoms with E-state index in [0.29, 0.717) is 0 Å².